The summed E-state index contributed by atoms with van der Waals surface area (Å²) < 4.78 is 10.7. The van der Waals surface area contributed by atoms with Crippen molar-refractivity contribution in [2.75, 3.05) is 32.6 Å². The number of benzene rings is 3. The summed E-state index contributed by atoms with van der Waals surface area (Å²) >= 11 is 0. The van der Waals surface area contributed by atoms with Crippen LogP contribution in [0.2, 0.25) is 0 Å². The van der Waals surface area contributed by atoms with Crippen LogP contribution in [0.3, 0.4) is 0 Å². The summed E-state index contributed by atoms with van der Waals surface area (Å²) in [5.74, 6) is 1.47. The highest BCUT2D eigenvalue weighted by Gasteiger charge is 2.26. The lowest BCUT2D eigenvalue weighted by Gasteiger charge is -2.34. The fraction of sp³-hybridized carbons (Fsp3) is 0.296. The van der Waals surface area contributed by atoms with Gasteiger partial charge in [0.25, 0.3) is 5.91 Å². The molecular weight excluding hydrogens is 400 g/mol. The van der Waals surface area contributed by atoms with Crippen LogP contribution in [0.25, 0.3) is 11.1 Å². The molecule has 1 aliphatic rings. The fourth-order valence-electron chi connectivity index (χ4n) is 4.39. The van der Waals surface area contributed by atoms with Gasteiger partial charge in [0.05, 0.1) is 14.2 Å². The van der Waals surface area contributed by atoms with Gasteiger partial charge in [-0.05, 0) is 54.7 Å². The minimum absolute atomic E-state index is 0.0858. The van der Waals surface area contributed by atoms with Crippen molar-refractivity contribution < 1.29 is 14.3 Å². The highest BCUT2D eigenvalue weighted by Crippen LogP contribution is 2.31. The van der Waals surface area contributed by atoms with E-state index in [4.69, 9.17) is 9.47 Å². The smallest absolute Gasteiger partial charge is 0.254 e. The first-order valence-electron chi connectivity index (χ1n) is 11.0. The molecule has 32 heavy (non-hydrogen) atoms. The summed E-state index contributed by atoms with van der Waals surface area (Å²) in [6, 6.07) is 22.1. The van der Waals surface area contributed by atoms with Gasteiger partial charge >= 0.3 is 0 Å². The van der Waals surface area contributed by atoms with Crippen LogP contribution < -0.4 is 14.8 Å². The molecule has 5 heteroatoms. The number of nitrogens with one attached hydrogen (secondary N) is 1. The Morgan fingerprint density at radius 1 is 0.938 bits per heavy atom. The number of rotatable bonds is 6. The predicted octanol–water partition coefficient (Wildman–Crippen LogP) is 5.40. The highest BCUT2D eigenvalue weighted by atomic mass is 16.5. The molecule has 1 heterocycles. The monoisotopic (exact) mass is 430 g/mol. The molecule has 0 unspecified atom stereocenters. The Balaban J connectivity index is 1.52. The standard InChI is InChI=1S/C27H30N2O3/c1-19-9-4-5-11-22(19)23-12-6-7-13-24(23)27(30)29-16-8-10-21(18-29)28-20-14-15-25(31-2)26(17-20)32-3/h4-7,9,11-15,17,21,28H,8,10,16,18H2,1-3H3/t21-/m0/s1. The van der Waals surface area contributed by atoms with E-state index in [2.05, 4.69) is 24.4 Å². The fourth-order valence-corrected chi connectivity index (χ4v) is 4.39. The van der Waals surface area contributed by atoms with Crippen molar-refractivity contribution in [3.63, 3.8) is 0 Å². The Bertz CT molecular complexity index is 1100. The van der Waals surface area contributed by atoms with Crippen LogP contribution in [0.4, 0.5) is 5.69 Å². The Morgan fingerprint density at radius 2 is 1.66 bits per heavy atom. The van der Waals surface area contributed by atoms with Gasteiger partial charge in [0.1, 0.15) is 0 Å². The molecule has 1 atom stereocenters. The number of anilines is 1. The number of hydrogen-bond acceptors (Lipinski definition) is 4. The number of hydrogen-bond donors (Lipinski definition) is 1. The maximum Gasteiger partial charge on any atom is 0.254 e. The molecule has 4 rings (SSSR count). The molecule has 0 aliphatic carbocycles. The number of carbonyl (C=O) groups is 1. The SMILES string of the molecule is COc1ccc(N[C@H]2CCCN(C(=O)c3ccccc3-c3ccccc3C)C2)cc1OC. The number of ether oxygens (including phenoxy) is 2. The summed E-state index contributed by atoms with van der Waals surface area (Å²) in [7, 11) is 3.26. The van der Waals surface area contributed by atoms with Crippen LogP contribution >= 0.6 is 0 Å². The summed E-state index contributed by atoms with van der Waals surface area (Å²) in [5.41, 5.74) is 4.98. The number of methoxy groups -OCH3 is 2. The Hall–Kier alpha value is -3.47. The van der Waals surface area contributed by atoms with Gasteiger partial charge in [-0.3, -0.25) is 4.79 Å². The van der Waals surface area contributed by atoms with E-state index in [0.29, 0.717) is 18.0 Å². The number of aryl methyl sites for hydroxylation is 1. The number of carbonyl (C=O) groups excluding carboxylic acids is 1. The van der Waals surface area contributed by atoms with Gasteiger partial charge in [0.2, 0.25) is 0 Å². The third kappa shape index (κ3) is 4.57. The Kier molecular flexibility index (Phi) is 6.64. The predicted molar refractivity (Wildman–Crippen MR) is 129 cm³/mol. The molecule has 1 aliphatic heterocycles. The van der Waals surface area contributed by atoms with Crippen molar-refractivity contribution in [2.24, 2.45) is 0 Å². The number of nitrogens with zero attached hydrogens (tertiary/aromatic N) is 1. The van der Waals surface area contributed by atoms with Gasteiger partial charge < -0.3 is 19.7 Å². The van der Waals surface area contributed by atoms with E-state index >= 15 is 0 Å². The third-order valence-corrected chi connectivity index (χ3v) is 6.06. The summed E-state index contributed by atoms with van der Waals surface area (Å²) in [6.45, 7) is 3.51. The molecule has 0 bridgehead atoms. The largest absolute Gasteiger partial charge is 0.493 e. The maximum atomic E-state index is 13.5. The van der Waals surface area contributed by atoms with Gasteiger partial charge in [-0.15, -0.1) is 0 Å². The average molecular weight is 431 g/mol. The normalized spacial score (nSPS) is 15.8. The lowest BCUT2D eigenvalue weighted by atomic mass is 9.94. The molecule has 0 spiro atoms. The van der Waals surface area contributed by atoms with E-state index < -0.39 is 0 Å². The van der Waals surface area contributed by atoms with E-state index in [1.165, 1.54) is 5.56 Å². The summed E-state index contributed by atoms with van der Waals surface area (Å²) in [5, 5.41) is 3.57. The lowest BCUT2D eigenvalue weighted by Crippen LogP contribution is -2.45. The first-order chi connectivity index (χ1) is 15.6. The second kappa shape index (κ2) is 9.77. The molecule has 3 aromatic carbocycles. The maximum absolute atomic E-state index is 13.5. The second-order valence-electron chi connectivity index (χ2n) is 8.16. The average Bonchev–Trinajstić information content (AvgIpc) is 2.84. The van der Waals surface area contributed by atoms with Crippen molar-refractivity contribution in [3.05, 3.63) is 77.9 Å². The number of amides is 1. The molecule has 1 amide bonds. The molecule has 1 saturated heterocycles. The van der Waals surface area contributed by atoms with Crippen LogP contribution in [0, 0.1) is 6.92 Å². The van der Waals surface area contributed by atoms with Crippen LogP contribution in [-0.4, -0.2) is 44.2 Å². The summed E-state index contributed by atoms with van der Waals surface area (Å²) in [6.07, 6.45) is 1.97. The van der Waals surface area contributed by atoms with Gasteiger partial charge in [-0.25, -0.2) is 0 Å². The lowest BCUT2D eigenvalue weighted by molar-refractivity contribution is 0.0715. The van der Waals surface area contributed by atoms with Crippen LogP contribution in [0.1, 0.15) is 28.8 Å². The molecule has 3 aromatic rings. The van der Waals surface area contributed by atoms with Crippen molar-refractivity contribution >= 4 is 11.6 Å². The van der Waals surface area contributed by atoms with Crippen LogP contribution in [-0.2, 0) is 0 Å². The van der Waals surface area contributed by atoms with Gasteiger partial charge in [-0.2, -0.15) is 0 Å². The molecule has 1 N–H and O–H groups in total. The van der Waals surface area contributed by atoms with Crippen molar-refractivity contribution in [1.82, 2.24) is 4.90 Å². The number of piperidine rings is 1. The molecular formula is C27H30N2O3. The first kappa shape index (κ1) is 21.8. The molecule has 0 saturated carbocycles. The second-order valence-corrected chi connectivity index (χ2v) is 8.16. The topological polar surface area (TPSA) is 50.8 Å². The highest BCUT2D eigenvalue weighted by molar-refractivity contribution is 6.01. The third-order valence-electron chi connectivity index (χ3n) is 6.06. The zero-order chi connectivity index (χ0) is 22.5. The first-order valence-corrected chi connectivity index (χ1v) is 11.0. The minimum atomic E-state index is 0.0858. The van der Waals surface area contributed by atoms with Crippen LogP contribution in [0.15, 0.2) is 66.7 Å². The van der Waals surface area contributed by atoms with E-state index in [1.54, 1.807) is 14.2 Å². The Morgan fingerprint density at radius 3 is 2.41 bits per heavy atom. The van der Waals surface area contributed by atoms with Crippen molar-refractivity contribution in [3.8, 4) is 22.6 Å². The van der Waals surface area contributed by atoms with E-state index in [1.807, 2.05) is 59.5 Å². The Labute approximate surface area is 190 Å². The number of likely N-dealkylation sites (tertiary alicyclic amines) is 1. The van der Waals surface area contributed by atoms with E-state index in [0.717, 1.165) is 41.8 Å². The van der Waals surface area contributed by atoms with E-state index in [-0.39, 0.29) is 11.9 Å². The van der Waals surface area contributed by atoms with Gasteiger partial charge in [-0.1, -0.05) is 42.5 Å². The van der Waals surface area contributed by atoms with Gasteiger partial charge in [0, 0.05) is 36.4 Å². The molecule has 166 valence electrons. The van der Waals surface area contributed by atoms with Crippen molar-refractivity contribution in [1.29, 1.82) is 0 Å². The zero-order valence-electron chi connectivity index (χ0n) is 18.9. The quantitative estimate of drug-likeness (QED) is 0.569. The zero-order valence-corrected chi connectivity index (χ0v) is 18.9. The van der Waals surface area contributed by atoms with Crippen LogP contribution in [0.5, 0.6) is 11.5 Å². The summed E-state index contributed by atoms with van der Waals surface area (Å²) in [4.78, 5) is 15.5. The van der Waals surface area contributed by atoms with Crippen molar-refractivity contribution in [2.45, 2.75) is 25.8 Å². The molecule has 5 nitrogen and oxygen atoms in total. The van der Waals surface area contributed by atoms with E-state index in [9.17, 15) is 4.79 Å². The minimum Gasteiger partial charge on any atom is -0.493 e. The molecule has 1 fully saturated rings. The molecule has 0 aromatic heterocycles. The molecule has 0 radical (unpaired) electrons. The van der Waals surface area contributed by atoms with Gasteiger partial charge in [0.15, 0.2) is 11.5 Å².